The van der Waals surface area contributed by atoms with Gasteiger partial charge < -0.3 is 10.6 Å². The van der Waals surface area contributed by atoms with Crippen LogP contribution in [0.15, 0.2) is 30.6 Å². The maximum absolute atomic E-state index is 11.3. The number of nitrogens with zero attached hydrogens (tertiary/aromatic N) is 2. The van der Waals surface area contributed by atoms with Crippen molar-refractivity contribution >= 4 is 28.9 Å². The van der Waals surface area contributed by atoms with Gasteiger partial charge in [0.15, 0.2) is 0 Å². The van der Waals surface area contributed by atoms with Gasteiger partial charge in [0.05, 0.1) is 37.9 Å². The zero-order chi connectivity index (χ0) is 17.0. The Balaban J connectivity index is 2.23. The molecule has 0 saturated heterocycles. The van der Waals surface area contributed by atoms with Crippen LogP contribution in [0.5, 0.6) is 0 Å². The fourth-order valence-electron chi connectivity index (χ4n) is 2.26. The number of imidazole rings is 1. The smallest absolute Gasteiger partial charge is 0.378 e. The summed E-state index contributed by atoms with van der Waals surface area (Å²) in [5, 5.41) is 6.18. The number of carbonyl (C=O) groups is 1. The van der Waals surface area contributed by atoms with Crippen molar-refractivity contribution in [3.8, 4) is 0 Å². The number of hydrazine groups is 1. The van der Waals surface area contributed by atoms with Crippen LogP contribution in [-0.2, 0) is 18.9 Å². The monoisotopic (exact) mass is 317 g/mol. The van der Waals surface area contributed by atoms with Gasteiger partial charge in [-0.15, -0.1) is 0 Å². The first-order chi connectivity index (χ1) is 10.9. The van der Waals surface area contributed by atoms with Crippen molar-refractivity contribution in [1.29, 1.82) is 0 Å². The van der Waals surface area contributed by atoms with Crippen LogP contribution in [0.3, 0.4) is 0 Å². The molecule has 0 bridgehead atoms. The second-order valence-electron chi connectivity index (χ2n) is 5.83. The minimum Gasteiger partial charge on any atom is -0.381 e. The molecule has 1 heterocycles. The molecule has 0 saturated carbocycles. The highest BCUT2D eigenvalue weighted by Gasteiger charge is 2.12. The molecule has 23 heavy (non-hydrogen) atoms. The highest BCUT2D eigenvalue weighted by Crippen LogP contribution is 2.26. The third-order valence-electron chi connectivity index (χ3n) is 3.28. The van der Waals surface area contributed by atoms with Gasteiger partial charge in [-0.3, -0.25) is 4.79 Å². The van der Waals surface area contributed by atoms with Crippen molar-refractivity contribution in [3.63, 3.8) is 0 Å². The van der Waals surface area contributed by atoms with Gasteiger partial charge in [-0.25, -0.2) is 14.6 Å². The molecule has 0 aliphatic heterocycles. The van der Waals surface area contributed by atoms with Crippen LogP contribution >= 0.6 is 0 Å². The molecule has 1 aromatic heterocycles. The Morgan fingerprint density at radius 1 is 1.22 bits per heavy atom. The topological polar surface area (TPSA) is 74.0 Å². The molecule has 1 aromatic carbocycles. The van der Waals surface area contributed by atoms with E-state index in [0.717, 1.165) is 23.0 Å². The highest BCUT2D eigenvalue weighted by molar-refractivity contribution is 5.90. The van der Waals surface area contributed by atoms with Gasteiger partial charge in [-0.2, -0.15) is 5.43 Å². The second-order valence-corrected chi connectivity index (χ2v) is 5.83. The molecule has 0 aliphatic carbocycles. The first-order valence-corrected chi connectivity index (χ1v) is 7.58. The Kier molecular flexibility index (Phi) is 5.10. The molecule has 0 spiro atoms. The lowest BCUT2D eigenvalue weighted by Gasteiger charge is -2.16. The van der Waals surface area contributed by atoms with E-state index >= 15 is 0 Å². The molecule has 0 atom stereocenters. The van der Waals surface area contributed by atoms with Crippen LogP contribution in [0.1, 0.15) is 20.8 Å². The number of hydrogen-bond acceptors (Lipinski definition) is 4. The SMILES string of the molecule is CC(=O)Nc1ccc(NC(C)C)c(NNc2n(C)cc[n+]2C)c1. The fourth-order valence-corrected chi connectivity index (χ4v) is 2.26. The Hall–Kier alpha value is -2.70. The zero-order valence-electron chi connectivity index (χ0n) is 14.3. The van der Waals surface area contributed by atoms with Crippen LogP contribution in [0.2, 0.25) is 0 Å². The number of aromatic nitrogens is 2. The normalized spacial score (nSPS) is 10.5. The van der Waals surface area contributed by atoms with Gasteiger partial charge in [-0.05, 0) is 32.0 Å². The predicted molar refractivity (Wildman–Crippen MR) is 93.3 cm³/mol. The van der Waals surface area contributed by atoms with Crippen LogP contribution in [0.4, 0.5) is 23.0 Å². The van der Waals surface area contributed by atoms with Gasteiger partial charge in [0.25, 0.3) is 0 Å². The highest BCUT2D eigenvalue weighted by atomic mass is 16.1. The van der Waals surface area contributed by atoms with Gasteiger partial charge in [0.2, 0.25) is 5.91 Å². The summed E-state index contributed by atoms with van der Waals surface area (Å²) in [6.45, 7) is 5.65. The molecule has 2 aromatic rings. The summed E-state index contributed by atoms with van der Waals surface area (Å²) in [7, 11) is 3.93. The van der Waals surface area contributed by atoms with Gasteiger partial charge in [0.1, 0.15) is 0 Å². The van der Waals surface area contributed by atoms with Crippen molar-refractivity contribution in [2.75, 3.05) is 21.5 Å². The van der Waals surface area contributed by atoms with Crippen molar-refractivity contribution in [2.24, 2.45) is 14.1 Å². The van der Waals surface area contributed by atoms with Gasteiger partial charge >= 0.3 is 5.95 Å². The lowest BCUT2D eigenvalue weighted by Crippen LogP contribution is -2.32. The maximum Gasteiger partial charge on any atom is 0.378 e. The van der Waals surface area contributed by atoms with Gasteiger partial charge in [0, 0.05) is 18.7 Å². The fraction of sp³-hybridized carbons (Fsp3) is 0.375. The van der Waals surface area contributed by atoms with E-state index < -0.39 is 0 Å². The number of rotatable bonds is 6. The molecular weight excluding hydrogens is 292 g/mol. The molecule has 4 N–H and O–H groups in total. The van der Waals surface area contributed by atoms with E-state index in [0.29, 0.717) is 6.04 Å². The summed E-state index contributed by atoms with van der Waals surface area (Å²) in [6.07, 6.45) is 3.93. The summed E-state index contributed by atoms with van der Waals surface area (Å²) in [4.78, 5) is 11.3. The summed E-state index contributed by atoms with van der Waals surface area (Å²) < 4.78 is 3.94. The molecule has 2 rings (SSSR count). The number of aryl methyl sites for hydroxylation is 2. The summed E-state index contributed by atoms with van der Waals surface area (Å²) >= 11 is 0. The number of amides is 1. The van der Waals surface area contributed by atoms with E-state index in [4.69, 9.17) is 0 Å². The Morgan fingerprint density at radius 2 is 1.96 bits per heavy atom. The first kappa shape index (κ1) is 16.7. The predicted octanol–water partition coefficient (Wildman–Crippen LogP) is 2.07. The van der Waals surface area contributed by atoms with Crippen molar-refractivity contribution in [1.82, 2.24) is 4.57 Å². The van der Waals surface area contributed by atoms with Crippen molar-refractivity contribution < 1.29 is 9.36 Å². The average molecular weight is 317 g/mol. The molecule has 0 radical (unpaired) electrons. The Labute approximate surface area is 136 Å². The molecule has 0 aliphatic rings. The molecule has 1 amide bonds. The summed E-state index contributed by atoms with van der Waals surface area (Å²) in [5.74, 6) is 0.813. The average Bonchev–Trinajstić information content (AvgIpc) is 2.77. The molecule has 7 nitrogen and oxygen atoms in total. The molecular formula is C16H25N6O+. The number of anilines is 4. The van der Waals surface area contributed by atoms with E-state index in [1.807, 2.05) is 53.8 Å². The second kappa shape index (κ2) is 7.04. The molecule has 7 heteroatoms. The lowest BCUT2D eigenvalue weighted by molar-refractivity contribution is -0.656. The maximum atomic E-state index is 11.3. The third kappa shape index (κ3) is 4.38. The van der Waals surface area contributed by atoms with E-state index in [1.54, 1.807) is 0 Å². The molecule has 0 unspecified atom stereocenters. The Bertz CT molecular complexity index is 672. The standard InChI is InChI=1S/C16H24N6O/c1-11(2)17-14-7-6-13(18-12(3)23)10-15(14)19-20-16-21(4)8-9-22(16)5/h6-11,17,19H,1-5H3,(H,18,23)/p+1. The number of hydrogen-bond donors (Lipinski definition) is 4. The minimum atomic E-state index is -0.0951. The number of nitrogens with one attached hydrogen (secondary N) is 4. The van der Waals surface area contributed by atoms with Crippen LogP contribution in [0.25, 0.3) is 0 Å². The molecule has 124 valence electrons. The number of benzene rings is 1. The third-order valence-corrected chi connectivity index (χ3v) is 3.28. The largest absolute Gasteiger partial charge is 0.381 e. The van der Waals surface area contributed by atoms with E-state index in [9.17, 15) is 4.79 Å². The van der Waals surface area contributed by atoms with Crippen molar-refractivity contribution in [2.45, 2.75) is 26.8 Å². The first-order valence-electron chi connectivity index (χ1n) is 7.58. The summed E-state index contributed by atoms with van der Waals surface area (Å²) in [5.41, 5.74) is 8.96. The number of carbonyl (C=O) groups excluding carboxylic acids is 1. The quantitative estimate of drug-likeness (QED) is 0.486. The lowest BCUT2D eigenvalue weighted by atomic mass is 10.2. The van der Waals surface area contributed by atoms with E-state index in [2.05, 4.69) is 35.3 Å². The molecule has 0 fully saturated rings. The van der Waals surface area contributed by atoms with E-state index in [1.165, 1.54) is 6.92 Å². The minimum absolute atomic E-state index is 0.0951. The van der Waals surface area contributed by atoms with Crippen LogP contribution in [-0.4, -0.2) is 16.5 Å². The zero-order valence-corrected chi connectivity index (χ0v) is 14.3. The van der Waals surface area contributed by atoms with Crippen LogP contribution in [0, 0.1) is 0 Å². The van der Waals surface area contributed by atoms with Crippen LogP contribution < -0.4 is 26.1 Å². The van der Waals surface area contributed by atoms with Crippen molar-refractivity contribution in [3.05, 3.63) is 30.6 Å². The van der Waals surface area contributed by atoms with E-state index in [-0.39, 0.29) is 5.91 Å². The van der Waals surface area contributed by atoms with Gasteiger partial charge in [-0.1, -0.05) is 0 Å². The Morgan fingerprint density at radius 3 is 2.52 bits per heavy atom. The summed E-state index contributed by atoms with van der Waals surface area (Å²) in [6, 6.07) is 6.01.